The Balaban J connectivity index is 1.32. The van der Waals surface area contributed by atoms with Crippen molar-refractivity contribution < 1.29 is 18.4 Å². The number of carbonyl (C=O) groups is 2. The lowest BCUT2D eigenvalue weighted by atomic mass is 9.87. The van der Waals surface area contributed by atoms with Crippen LogP contribution in [0.5, 0.6) is 0 Å². The highest BCUT2D eigenvalue weighted by molar-refractivity contribution is 6.03. The van der Waals surface area contributed by atoms with E-state index in [0.29, 0.717) is 36.0 Å². The van der Waals surface area contributed by atoms with Gasteiger partial charge in [0, 0.05) is 45.1 Å². The Bertz CT molecular complexity index is 894. The molecule has 9 nitrogen and oxygen atoms in total. The molecule has 1 saturated heterocycles. The van der Waals surface area contributed by atoms with Crippen LogP contribution >= 0.6 is 0 Å². The number of urea groups is 1. The molecule has 2 aliphatic heterocycles. The van der Waals surface area contributed by atoms with Crippen LogP contribution in [-0.2, 0) is 4.79 Å². The monoisotopic (exact) mass is 451 g/mol. The van der Waals surface area contributed by atoms with E-state index < -0.39 is 5.92 Å². The highest BCUT2D eigenvalue weighted by Crippen LogP contribution is 2.35. The third-order valence-corrected chi connectivity index (χ3v) is 6.55. The number of carbonyl (C=O) groups excluding carboxylic acids is 2. The summed E-state index contributed by atoms with van der Waals surface area (Å²) in [6.07, 6.45) is 0.848. The number of piperidine rings is 1. The average molecular weight is 452 g/mol. The van der Waals surface area contributed by atoms with Crippen molar-refractivity contribution in [3.8, 4) is 0 Å². The third-order valence-electron chi connectivity index (χ3n) is 6.55. The lowest BCUT2D eigenvalue weighted by Crippen LogP contribution is -2.55. The highest BCUT2D eigenvalue weighted by atomic mass is 19.3. The second-order valence-corrected chi connectivity index (χ2v) is 9.42. The number of halogens is 2. The molecule has 1 aromatic rings. The van der Waals surface area contributed by atoms with Crippen LogP contribution < -0.4 is 20.9 Å². The minimum atomic E-state index is -2.67. The van der Waals surface area contributed by atoms with Gasteiger partial charge >= 0.3 is 6.03 Å². The van der Waals surface area contributed by atoms with Gasteiger partial charge in [-0.15, -0.1) is 0 Å². The number of rotatable bonds is 4. The third kappa shape index (κ3) is 4.42. The van der Waals surface area contributed by atoms with Crippen LogP contribution in [0, 0.1) is 12.8 Å². The Morgan fingerprint density at radius 3 is 2.47 bits per heavy atom. The van der Waals surface area contributed by atoms with E-state index in [1.807, 2.05) is 32.7 Å². The fourth-order valence-corrected chi connectivity index (χ4v) is 4.62. The van der Waals surface area contributed by atoms with Gasteiger partial charge < -0.3 is 25.8 Å². The van der Waals surface area contributed by atoms with Crippen molar-refractivity contribution >= 4 is 29.4 Å². The number of nitrogens with one attached hydrogen (secondary N) is 3. The maximum atomic E-state index is 13.3. The quantitative estimate of drug-likeness (QED) is 0.650. The van der Waals surface area contributed by atoms with Crippen molar-refractivity contribution in [3.05, 3.63) is 5.69 Å². The van der Waals surface area contributed by atoms with Crippen LogP contribution in [-0.4, -0.2) is 71.0 Å². The zero-order valence-electron chi connectivity index (χ0n) is 18.9. The van der Waals surface area contributed by atoms with Gasteiger partial charge in [0.1, 0.15) is 11.7 Å². The molecular formula is C21H31F2N7O2. The summed E-state index contributed by atoms with van der Waals surface area (Å²) in [5.41, 5.74) is 1.32. The first kappa shape index (κ1) is 22.5. The number of hydrogen-bond donors (Lipinski definition) is 3. The van der Waals surface area contributed by atoms with Crippen molar-refractivity contribution in [2.75, 3.05) is 35.7 Å². The van der Waals surface area contributed by atoms with E-state index in [-0.39, 0.29) is 61.9 Å². The summed E-state index contributed by atoms with van der Waals surface area (Å²) in [7, 11) is 1.86. The van der Waals surface area contributed by atoms with E-state index >= 15 is 0 Å². The van der Waals surface area contributed by atoms with Crippen LogP contribution in [0.1, 0.15) is 45.2 Å². The van der Waals surface area contributed by atoms with Crippen molar-refractivity contribution in [1.82, 2.24) is 20.2 Å². The van der Waals surface area contributed by atoms with Gasteiger partial charge in [0.05, 0.1) is 5.69 Å². The van der Waals surface area contributed by atoms with Gasteiger partial charge in [0.15, 0.2) is 5.82 Å². The van der Waals surface area contributed by atoms with E-state index in [2.05, 4.69) is 25.9 Å². The summed E-state index contributed by atoms with van der Waals surface area (Å²) < 4.78 is 26.6. The number of fused-ring (bicyclic) bond motifs is 1. The Labute approximate surface area is 186 Å². The Hall–Kier alpha value is -2.72. The second-order valence-electron chi connectivity index (χ2n) is 9.42. The van der Waals surface area contributed by atoms with Crippen LogP contribution in [0.15, 0.2) is 0 Å². The standard InChI is InChI=1S/C21H31F2N7O2/c1-11(2)16-18(31)27-15-12(3)24-19(28-17(15)29(16)4)25-13-9-14(10-13)26-20(32)30-7-5-21(22,23)6-8-30/h11,13-14,16H,5-10H2,1-4H3,(H,26,32)(H,27,31)(H,24,25,28)/t13-,14-,16-/m0/s1. The van der Waals surface area contributed by atoms with Gasteiger partial charge in [0.25, 0.3) is 5.92 Å². The fourth-order valence-electron chi connectivity index (χ4n) is 4.62. The molecule has 0 bridgehead atoms. The number of likely N-dealkylation sites (N-methyl/N-ethyl adjacent to an activating group) is 1. The van der Waals surface area contributed by atoms with Crippen LogP contribution in [0.4, 0.5) is 31.0 Å². The number of nitrogens with zero attached hydrogens (tertiary/aromatic N) is 4. The molecule has 176 valence electrons. The van der Waals surface area contributed by atoms with E-state index in [1.165, 1.54) is 4.90 Å². The summed E-state index contributed by atoms with van der Waals surface area (Å²) in [5, 5.41) is 9.17. The minimum absolute atomic E-state index is 0.00607. The Morgan fingerprint density at radius 2 is 1.84 bits per heavy atom. The van der Waals surface area contributed by atoms with E-state index in [0.717, 1.165) is 0 Å². The van der Waals surface area contributed by atoms with Gasteiger partial charge in [-0.3, -0.25) is 4.79 Å². The molecule has 1 atom stereocenters. The number of likely N-dealkylation sites (tertiary alicyclic amines) is 1. The van der Waals surface area contributed by atoms with Crippen molar-refractivity contribution in [2.45, 2.75) is 70.5 Å². The predicted octanol–water partition coefficient (Wildman–Crippen LogP) is 2.58. The summed E-state index contributed by atoms with van der Waals surface area (Å²) >= 11 is 0. The first-order chi connectivity index (χ1) is 15.0. The molecule has 4 rings (SSSR count). The molecule has 1 aromatic heterocycles. The predicted molar refractivity (Wildman–Crippen MR) is 117 cm³/mol. The summed E-state index contributed by atoms with van der Waals surface area (Å²) in [5.74, 6) is -1.43. The van der Waals surface area contributed by atoms with Crippen LogP contribution in [0.25, 0.3) is 0 Å². The van der Waals surface area contributed by atoms with Gasteiger partial charge in [-0.25, -0.2) is 18.6 Å². The molecule has 32 heavy (non-hydrogen) atoms. The van der Waals surface area contributed by atoms with Gasteiger partial charge in [0.2, 0.25) is 11.9 Å². The number of amides is 3. The largest absolute Gasteiger partial charge is 0.351 e. The number of alkyl halides is 2. The van der Waals surface area contributed by atoms with Crippen molar-refractivity contribution in [2.24, 2.45) is 5.92 Å². The maximum Gasteiger partial charge on any atom is 0.317 e. The summed E-state index contributed by atoms with van der Waals surface area (Å²) in [6, 6.07) is -0.481. The van der Waals surface area contributed by atoms with Gasteiger partial charge in [-0.2, -0.15) is 4.98 Å². The molecule has 11 heteroatoms. The molecule has 0 aromatic carbocycles. The molecule has 0 unspecified atom stereocenters. The molecule has 3 aliphatic rings. The molecule has 3 N–H and O–H groups in total. The molecule has 3 amide bonds. The first-order valence-electron chi connectivity index (χ1n) is 11.2. The van der Waals surface area contributed by atoms with Crippen LogP contribution in [0.2, 0.25) is 0 Å². The smallest absolute Gasteiger partial charge is 0.317 e. The van der Waals surface area contributed by atoms with Crippen molar-refractivity contribution in [3.63, 3.8) is 0 Å². The number of hydrogen-bond acceptors (Lipinski definition) is 6. The second kappa shape index (κ2) is 8.32. The molecule has 3 heterocycles. The lowest BCUT2D eigenvalue weighted by molar-refractivity contribution is -0.118. The topological polar surface area (TPSA) is 102 Å². The maximum absolute atomic E-state index is 13.3. The van der Waals surface area contributed by atoms with E-state index in [9.17, 15) is 18.4 Å². The van der Waals surface area contributed by atoms with Crippen LogP contribution in [0.3, 0.4) is 0 Å². The molecule has 0 spiro atoms. The Kier molecular flexibility index (Phi) is 5.85. The SMILES string of the molecule is Cc1nc(N[C@H]2C[C@H](NC(=O)N3CCC(F)(F)CC3)C2)nc2c1NC(=O)[C@H](C(C)C)N2C. The molecule has 1 aliphatic carbocycles. The summed E-state index contributed by atoms with van der Waals surface area (Å²) in [6.45, 7) is 5.99. The summed E-state index contributed by atoms with van der Waals surface area (Å²) in [4.78, 5) is 37.3. The average Bonchev–Trinajstić information content (AvgIpc) is 2.67. The van der Waals surface area contributed by atoms with Gasteiger partial charge in [-0.1, -0.05) is 13.8 Å². The van der Waals surface area contributed by atoms with Gasteiger partial charge in [-0.05, 0) is 25.7 Å². The molecule has 2 fully saturated rings. The van der Waals surface area contributed by atoms with E-state index in [1.54, 1.807) is 0 Å². The zero-order chi connectivity index (χ0) is 23.2. The molecule has 0 radical (unpaired) electrons. The number of anilines is 3. The zero-order valence-corrected chi connectivity index (χ0v) is 18.9. The normalized spacial score (nSPS) is 26.8. The fraction of sp³-hybridized carbons (Fsp3) is 0.714. The molecular weight excluding hydrogens is 420 g/mol. The molecule has 1 saturated carbocycles. The van der Waals surface area contributed by atoms with Crippen molar-refractivity contribution in [1.29, 1.82) is 0 Å². The minimum Gasteiger partial charge on any atom is -0.351 e. The lowest BCUT2D eigenvalue weighted by Gasteiger charge is -2.39. The number of aromatic nitrogens is 2. The first-order valence-corrected chi connectivity index (χ1v) is 11.2. The Morgan fingerprint density at radius 1 is 1.19 bits per heavy atom. The van der Waals surface area contributed by atoms with E-state index in [4.69, 9.17) is 0 Å². The highest BCUT2D eigenvalue weighted by Gasteiger charge is 2.38. The number of aryl methyl sites for hydroxylation is 1.